The Balaban J connectivity index is 1.73. The van der Waals surface area contributed by atoms with Crippen molar-refractivity contribution in [2.45, 2.75) is 36.7 Å². The van der Waals surface area contributed by atoms with Crippen LogP contribution in [0.5, 0.6) is 0 Å². The van der Waals surface area contributed by atoms with Crippen LogP contribution in [0, 0.1) is 0 Å². The second kappa shape index (κ2) is 7.18. The highest BCUT2D eigenvalue weighted by atomic mass is 32.2. The molecule has 7 nitrogen and oxygen atoms in total. The SMILES string of the molecule is CNc1nc([C@@H]2CCCN2S(=O)(=O)c2ccccc2)nc2c1CCN(C)C2. The molecule has 1 aromatic carbocycles. The molecule has 1 fully saturated rings. The summed E-state index contributed by atoms with van der Waals surface area (Å²) < 4.78 is 27.9. The van der Waals surface area contributed by atoms with Crippen LogP contribution in [0.1, 0.15) is 36.0 Å². The molecule has 2 aromatic rings. The predicted octanol–water partition coefficient (Wildman–Crippen LogP) is 2.03. The van der Waals surface area contributed by atoms with Gasteiger partial charge < -0.3 is 10.2 Å². The van der Waals surface area contributed by atoms with Crippen LogP contribution in [0.15, 0.2) is 35.2 Å². The number of fused-ring (bicyclic) bond motifs is 1. The summed E-state index contributed by atoms with van der Waals surface area (Å²) in [5, 5.41) is 3.18. The molecule has 2 aliphatic rings. The summed E-state index contributed by atoms with van der Waals surface area (Å²) in [7, 11) is 0.369. The fourth-order valence-electron chi connectivity index (χ4n) is 3.95. The number of nitrogens with zero attached hydrogens (tertiary/aromatic N) is 4. The Morgan fingerprint density at radius 2 is 1.93 bits per heavy atom. The zero-order chi connectivity index (χ0) is 19.0. The minimum atomic E-state index is -3.57. The number of anilines is 1. The van der Waals surface area contributed by atoms with Crippen LogP contribution in [0.25, 0.3) is 0 Å². The fraction of sp³-hybridized carbons (Fsp3) is 0.474. The van der Waals surface area contributed by atoms with Crippen molar-refractivity contribution in [3.05, 3.63) is 47.4 Å². The van der Waals surface area contributed by atoms with E-state index in [2.05, 4.69) is 17.3 Å². The van der Waals surface area contributed by atoms with Crippen molar-refractivity contribution in [2.24, 2.45) is 0 Å². The van der Waals surface area contributed by atoms with E-state index in [0.717, 1.165) is 49.4 Å². The molecule has 0 saturated carbocycles. The minimum absolute atomic E-state index is 0.320. The number of hydrogen-bond acceptors (Lipinski definition) is 6. The van der Waals surface area contributed by atoms with Gasteiger partial charge in [-0.05, 0) is 38.4 Å². The first-order valence-corrected chi connectivity index (χ1v) is 10.8. The van der Waals surface area contributed by atoms with Crippen LogP contribution in [-0.2, 0) is 23.0 Å². The second-order valence-corrected chi connectivity index (χ2v) is 9.07. The third-order valence-corrected chi connectivity index (χ3v) is 7.28. The van der Waals surface area contributed by atoms with Gasteiger partial charge in [0.2, 0.25) is 10.0 Å². The van der Waals surface area contributed by atoms with Crippen molar-refractivity contribution in [3.8, 4) is 0 Å². The van der Waals surface area contributed by atoms with Gasteiger partial charge in [-0.1, -0.05) is 18.2 Å². The number of nitrogens with one attached hydrogen (secondary N) is 1. The molecule has 27 heavy (non-hydrogen) atoms. The van der Waals surface area contributed by atoms with E-state index < -0.39 is 10.0 Å². The molecule has 0 unspecified atom stereocenters. The molecule has 4 rings (SSSR count). The largest absolute Gasteiger partial charge is 0.373 e. The molecular formula is C19H25N5O2S. The summed E-state index contributed by atoms with van der Waals surface area (Å²) in [6, 6.07) is 8.30. The highest BCUT2D eigenvalue weighted by Crippen LogP contribution is 2.36. The summed E-state index contributed by atoms with van der Waals surface area (Å²) >= 11 is 0. The van der Waals surface area contributed by atoms with Gasteiger partial charge in [0.15, 0.2) is 0 Å². The van der Waals surface area contributed by atoms with Gasteiger partial charge in [-0.25, -0.2) is 18.4 Å². The van der Waals surface area contributed by atoms with E-state index in [1.165, 1.54) is 0 Å². The number of aromatic nitrogens is 2. The number of sulfonamides is 1. The third-order valence-electron chi connectivity index (χ3n) is 5.36. The molecular weight excluding hydrogens is 362 g/mol. The second-order valence-electron chi connectivity index (χ2n) is 7.18. The van der Waals surface area contributed by atoms with Gasteiger partial charge in [0.05, 0.1) is 16.6 Å². The smallest absolute Gasteiger partial charge is 0.243 e. The van der Waals surface area contributed by atoms with E-state index >= 15 is 0 Å². The molecule has 0 aliphatic carbocycles. The summed E-state index contributed by atoms with van der Waals surface area (Å²) in [5.74, 6) is 1.43. The van der Waals surface area contributed by atoms with Gasteiger partial charge in [-0.15, -0.1) is 0 Å². The Morgan fingerprint density at radius 1 is 1.15 bits per heavy atom. The molecule has 0 bridgehead atoms. The van der Waals surface area contributed by atoms with E-state index in [9.17, 15) is 8.42 Å². The molecule has 0 radical (unpaired) electrons. The number of hydrogen-bond donors (Lipinski definition) is 1. The van der Waals surface area contributed by atoms with Crippen molar-refractivity contribution in [1.29, 1.82) is 0 Å². The van der Waals surface area contributed by atoms with Crippen molar-refractivity contribution in [3.63, 3.8) is 0 Å². The Kier molecular flexibility index (Phi) is 4.88. The van der Waals surface area contributed by atoms with Crippen LogP contribution in [-0.4, -0.2) is 54.8 Å². The Labute approximate surface area is 160 Å². The first kappa shape index (κ1) is 18.3. The fourth-order valence-corrected chi connectivity index (χ4v) is 5.63. The Morgan fingerprint density at radius 3 is 2.67 bits per heavy atom. The van der Waals surface area contributed by atoms with E-state index in [0.29, 0.717) is 17.3 Å². The summed E-state index contributed by atoms with van der Waals surface area (Å²) in [6.45, 7) is 2.23. The lowest BCUT2D eigenvalue weighted by atomic mass is 10.1. The van der Waals surface area contributed by atoms with Crippen LogP contribution in [0.4, 0.5) is 5.82 Å². The standard InChI is InChI=1S/C19H25N5O2S/c1-20-18-15-10-12-23(2)13-16(15)21-19(22-18)17-9-6-11-24(17)27(25,26)14-7-4-3-5-8-14/h3-5,7-8,17H,6,9-13H2,1-2H3,(H,20,21,22)/t17-/m0/s1. The molecule has 1 saturated heterocycles. The Hall–Kier alpha value is -2.03. The molecule has 3 heterocycles. The molecule has 0 amide bonds. The molecule has 1 atom stereocenters. The van der Waals surface area contributed by atoms with Crippen LogP contribution in [0.2, 0.25) is 0 Å². The average Bonchev–Trinajstić information content (AvgIpc) is 3.18. The quantitative estimate of drug-likeness (QED) is 0.865. The zero-order valence-corrected chi connectivity index (χ0v) is 16.5. The average molecular weight is 388 g/mol. The van der Waals surface area contributed by atoms with Gasteiger partial charge in [0, 0.05) is 32.2 Å². The van der Waals surface area contributed by atoms with Gasteiger partial charge in [0.1, 0.15) is 11.6 Å². The summed E-state index contributed by atoms with van der Waals surface area (Å²) in [4.78, 5) is 12.1. The van der Waals surface area contributed by atoms with E-state index in [4.69, 9.17) is 9.97 Å². The van der Waals surface area contributed by atoms with E-state index in [1.807, 2.05) is 13.1 Å². The number of benzene rings is 1. The van der Waals surface area contributed by atoms with E-state index in [1.54, 1.807) is 28.6 Å². The van der Waals surface area contributed by atoms with Crippen LogP contribution in [0.3, 0.4) is 0 Å². The normalized spacial score (nSPS) is 21.2. The Bertz CT molecular complexity index is 933. The third kappa shape index (κ3) is 3.33. The zero-order valence-electron chi connectivity index (χ0n) is 15.7. The van der Waals surface area contributed by atoms with Crippen LogP contribution >= 0.6 is 0 Å². The van der Waals surface area contributed by atoms with E-state index in [-0.39, 0.29) is 6.04 Å². The molecule has 1 aromatic heterocycles. The maximum atomic E-state index is 13.2. The monoisotopic (exact) mass is 387 g/mol. The lowest BCUT2D eigenvalue weighted by Gasteiger charge is -2.28. The highest BCUT2D eigenvalue weighted by molar-refractivity contribution is 7.89. The van der Waals surface area contributed by atoms with Gasteiger partial charge in [-0.3, -0.25) is 0 Å². The predicted molar refractivity (Wildman–Crippen MR) is 104 cm³/mol. The van der Waals surface area contributed by atoms with Crippen molar-refractivity contribution in [2.75, 3.05) is 32.5 Å². The van der Waals surface area contributed by atoms with Crippen molar-refractivity contribution < 1.29 is 8.42 Å². The van der Waals surface area contributed by atoms with Crippen LogP contribution < -0.4 is 5.32 Å². The van der Waals surface area contributed by atoms with Crippen molar-refractivity contribution in [1.82, 2.24) is 19.2 Å². The first-order chi connectivity index (χ1) is 13.0. The highest BCUT2D eigenvalue weighted by Gasteiger charge is 2.38. The van der Waals surface area contributed by atoms with Crippen molar-refractivity contribution >= 4 is 15.8 Å². The molecule has 144 valence electrons. The summed E-state index contributed by atoms with van der Waals surface area (Å²) in [5.41, 5.74) is 2.15. The number of rotatable bonds is 4. The topological polar surface area (TPSA) is 78.4 Å². The number of likely N-dealkylation sites (N-methyl/N-ethyl adjacent to an activating group) is 1. The lowest BCUT2D eigenvalue weighted by molar-refractivity contribution is 0.304. The molecule has 0 spiro atoms. The van der Waals surface area contributed by atoms with Gasteiger partial charge in [0.25, 0.3) is 0 Å². The minimum Gasteiger partial charge on any atom is -0.373 e. The molecule has 8 heteroatoms. The van der Waals surface area contributed by atoms with Gasteiger partial charge >= 0.3 is 0 Å². The lowest BCUT2D eigenvalue weighted by Crippen LogP contribution is -2.33. The molecule has 1 N–H and O–H groups in total. The maximum Gasteiger partial charge on any atom is 0.243 e. The first-order valence-electron chi connectivity index (χ1n) is 9.33. The van der Waals surface area contributed by atoms with Gasteiger partial charge in [-0.2, -0.15) is 4.31 Å². The molecule has 2 aliphatic heterocycles. The maximum absolute atomic E-state index is 13.2. The summed E-state index contributed by atoms with van der Waals surface area (Å²) in [6.07, 6.45) is 2.45.